The van der Waals surface area contributed by atoms with Gasteiger partial charge in [-0.2, -0.15) is 0 Å². The molecule has 0 fully saturated rings. The van der Waals surface area contributed by atoms with Crippen molar-refractivity contribution < 1.29 is 14.5 Å². The van der Waals surface area contributed by atoms with Crippen LogP contribution in [0.1, 0.15) is 6.92 Å². The summed E-state index contributed by atoms with van der Waals surface area (Å²) in [6.07, 6.45) is 0. The van der Waals surface area contributed by atoms with Gasteiger partial charge in [-0.25, -0.2) is 0 Å². The van der Waals surface area contributed by atoms with Crippen molar-refractivity contribution >= 4 is 17.3 Å². The third-order valence-electron chi connectivity index (χ3n) is 2.36. The number of carbonyl (C=O) groups excluding carboxylic acids is 1. The molecule has 0 radical (unpaired) electrons. The molecule has 0 saturated carbocycles. The van der Waals surface area contributed by atoms with Crippen LogP contribution in [-0.2, 0) is 9.53 Å². The van der Waals surface area contributed by atoms with Crippen LogP contribution < -0.4 is 4.90 Å². The molecule has 0 amide bonds. The SMILES string of the molecule is CCN(CC(=O)OC)c1ccc([N+](=O)[O-])cc1. The van der Waals surface area contributed by atoms with Gasteiger partial charge in [0, 0.05) is 24.4 Å². The van der Waals surface area contributed by atoms with E-state index >= 15 is 0 Å². The predicted octanol–water partition coefficient (Wildman–Crippen LogP) is 1.59. The standard InChI is InChI=1S/C11H14N2O4/c1-3-12(8-11(14)17-2)9-4-6-10(7-5-9)13(15)16/h4-7H,3,8H2,1-2H3. The summed E-state index contributed by atoms with van der Waals surface area (Å²) in [7, 11) is 1.33. The summed E-state index contributed by atoms with van der Waals surface area (Å²) in [6, 6.07) is 6.06. The number of benzene rings is 1. The van der Waals surface area contributed by atoms with Gasteiger partial charge in [0.25, 0.3) is 5.69 Å². The molecule has 0 aliphatic carbocycles. The molecule has 0 aromatic heterocycles. The largest absolute Gasteiger partial charge is 0.468 e. The molecule has 0 bridgehead atoms. The maximum Gasteiger partial charge on any atom is 0.325 e. The first kappa shape index (κ1) is 13.0. The summed E-state index contributed by atoms with van der Waals surface area (Å²) in [6.45, 7) is 2.64. The third-order valence-corrected chi connectivity index (χ3v) is 2.36. The van der Waals surface area contributed by atoms with E-state index in [1.54, 1.807) is 17.0 Å². The number of nitro benzene ring substituents is 1. The Morgan fingerprint density at radius 2 is 2.00 bits per heavy atom. The monoisotopic (exact) mass is 238 g/mol. The van der Waals surface area contributed by atoms with E-state index in [2.05, 4.69) is 4.74 Å². The highest BCUT2D eigenvalue weighted by atomic mass is 16.6. The number of methoxy groups -OCH3 is 1. The molecule has 92 valence electrons. The fraction of sp³-hybridized carbons (Fsp3) is 0.364. The van der Waals surface area contributed by atoms with E-state index in [1.165, 1.54) is 19.2 Å². The number of anilines is 1. The molecular weight excluding hydrogens is 224 g/mol. The third kappa shape index (κ3) is 3.44. The highest BCUT2D eigenvalue weighted by molar-refractivity contribution is 5.75. The lowest BCUT2D eigenvalue weighted by atomic mass is 10.2. The average molecular weight is 238 g/mol. The minimum atomic E-state index is -0.458. The Morgan fingerprint density at radius 3 is 2.41 bits per heavy atom. The van der Waals surface area contributed by atoms with Gasteiger partial charge < -0.3 is 9.64 Å². The molecular formula is C11H14N2O4. The van der Waals surface area contributed by atoms with Crippen molar-refractivity contribution in [1.29, 1.82) is 0 Å². The summed E-state index contributed by atoms with van der Waals surface area (Å²) >= 11 is 0. The first-order valence-corrected chi connectivity index (χ1v) is 5.14. The zero-order valence-electron chi connectivity index (χ0n) is 9.75. The molecule has 0 saturated heterocycles. The number of non-ortho nitro benzene ring substituents is 1. The van der Waals surface area contributed by atoms with Gasteiger partial charge in [-0.15, -0.1) is 0 Å². The Hall–Kier alpha value is -2.11. The van der Waals surface area contributed by atoms with Crippen LogP contribution in [0.3, 0.4) is 0 Å². The Morgan fingerprint density at radius 1 is 1.41 bits per heavy atom. The molecule has 0 aliphatic rings. The molecule has 1 rings (SSSR count). The van der Waals surface area contributed by atoms with Crippen LogP contribution in [0.2, 0.25) is 0 Å². The van der Waals surface area contributed by atoms with Crippen molar-refractivity contribution in [1.82, 2.24) is 0 Å². The number of likely N-dealkylation sites (N-methyl/N-ethyl adjacent to an activating group) is 1. The number of hydrogen-bond acceptors (Lipinski definition) is 5. The highest BCUT2D eigenvalue weighted by Gasteiger charge is 2.11. The first-order chi connectivity index (χ1) is 8.08. The quantitative estimate of drug-likeness (QED) is 0.442. The van der Waals surface area contributed by atoms with Crippen molar-refractivity contribution in [3.05, 3.63) is 34.4 Å². The number of nitro groups is 1. The van der Waals surface area contributed by atoms with Crippen LogP contribution in [0.5, 0.6) is 0 Å². The molecule has 0 aliphatic heterocycles. The van der Waals surface area contributed by atoms with Crippen LogP contribution in [0.15, 0.2) is 24.3 Å². The maximum absolute atomic E-state index is 11.2. The van der Waals surface area contributed by atoms with Gasteiger partial charge in [0.2, 0.25) is 0 Å². The highest BCUT2D eigenvalue weighted by Crippen LogP contribution is 2.19. The Bertz CT molecular complexity index is 402. The second kappa shape index (κ2) is 5.83. The molecule has 0 atom stereocenters. The molecule has 0 unspecified atom stereocenters. The van der Waals surface area contributed by atoms with E-state index in [0.29, 0.717) is 6.54 Å². The summed E-state index contributed by atoms with van der Waals surface area (Å²) in [5, 5.41) is 10.5. The van der Waals surface area contributed by atoms with Crippen LogP contribution in [0, 0.1) is 10.1 Å². The van der Waals surface area contributed by atoms with Crippen LogP contribution in [0.4, 0.5) is 11.4 Å². The topological polar surface area (TPSA) is 72.7 Å². The smallest absolute Gasteiger partial charge is 0.325 e. The van der Waals surface area contributed by atoms with E-state index in [9.17, 15) is 14.9 Å². The van der Waals surface area contributed by atoms with Gasteiger partial charge in [0.1, 0.15) is 6.54 Å². The van der Waals surface area contributed by atoms with Gasteiger partial charge in [0.05, 0.1) is 12.0 Å². The summed E-state index contributed by atoms with van der Waals surface area (Å²) in [4.78, 5) is 23.0. The zero-order valence-corrected chi connectivity index (χ0v) is 9.75. The number of rotatable bonds is 5. The average Bonchev–Trinajstić information content (AvgIpc) is 2.35. The molecule has 0 N–H and O–H groups in total. The molecule has 1 aromatic carbocycles. The van der Waals surface area contributed by atoms with Crippen molar-refractivity contribution in [2.24, 2.45) is 0 Å². The van der Waals surface area contributed by atoms with Gasteiger partial charge in [-0.3, -0.25) is 14.9 Å². The lowest BCUT2D eigenvalue weighted by Crippen LogP contribution is -2.30. The van der Waals surface area contributed by atoms with Gasteiger partial charge in [0.15, 0.2) is 0 Å². The number of nitrogens with zero attached hydrogens (tertiary/aromatic N) is 2. The summed E-state index contributed by atoms with van der Waals surface area (Å²) in [5.74, 6) is -0.342. The Balaban J connectivity index is 2.82. The van der Waals surface area contributed by atoms with Gasteiger partial charge in [-0.1, -0.05) is 0 Å². The molecule has 0 spiro atoms. The van der Waals surface area contributed by atoms with E-state index in [4.69, 9.17) is 0 Å². The number of carbonyl (C=O) groups is 1. The summed E-state index contributed by atoms with van der Waals surface area (Å²) in [5.41, 5.74) is 0.784. The first-order valence-electron chi connectivity index (χ1n) is 5.14. The second-order valence-electron chi connectivity index (χ2n) is 3.36. The number of esters is 1. The van der Waals surface area contributed by atoms with Crippen LogP contribution in [0.25, 0.3) is 0 Å². The molecule has 6 nitrogen and oxygen atoms in total. The lowest BCUT2D eigenvalue weighted by Gasteiger charge is -2.21. The maximum atomic E-state index is 11.2. The van der Waals surface area contributed by atoms with E-state index in [0.717, 1.165) is 5.69 Å². The zero-order chi connectivity index (χ0) is 12.8. The minimum absolute atomic E-state index is 0.0304. The van der Waals surface area contributed by atoms with Gasteiger partial charge >= 0.3 is 5.97 Å². The molecule has 6 heteroatoms. The normalized spacial score (nSPS) is 9.76. The van der Waals surface area contributed by atoms with Crippen molar-refractivity contribution in [2.75, 3.05) is 25.1 Å². The molecule has 1 aromatic rings. The number of hydrogen-bond donors (Lipinski definition) is 0. The fourth-order valence-corrected chi connectivity index (χ4v) is 1.39. The second-order valence-corrected chi connectivity index (χ2v) is 3.36. The van der Waals surface area contributed by atoms with E-state index in [-0.39, 0.29) is 18.2 Å². The van der Waals surface area contributed by atoms with Crippen molar-refractivity contribution in [3.63, 3.8) is 0 Å². The van der Waals surface area contributed by atoms with Crippen LogP contribution in [-0.4, -0.2) is 31.1 Å². The Labute approximate surface area is 98.9 Å². The molecule has 0 heterocycles. The van der Waals surface area contributed by atoms with E-state index in [1.807, 2.05) is 6.92 Å². The molecule has 17 heavy (non-hydrogen) atoms. The van der Waals surface area contributed by atoms with Crippen molar-refractivity contribution in [3.8, 4) is 0 Å². The van der Waals surface area contributed by atoms with Crippen LogP contribution >= 0.6 is 0 Å². The minimum Gasteiger partial charge on any atom is -0.468 e. The van der Waals surface area contributed by atoms with E-state index < -0.39 is 4.92 Å². The van der Waals surface area contributed by atoms with Gasteiger partial charge in [-0.05, 0) is 19.1 Å². The predicted molar refractivity (Wildman–Crippen MR) is 63.0 cm³/mol. The Kier molecular flexibility index (Phi) is 4.45. The number of ether oxygens (including phenoxy) is 1. The van der Waals surface area contributed by atoms with Crippen molar-refractivity contribution in [2.45, 2.75) is 6.92 Å². The lowest BCUT2D eigenvalue weighted by molar-refractivity contribution is -0.384. The summed E-state index contributed by atoms with van der Waals surface area (Å²) < 4.78 is 4.58. The fourth-order valence-electron chi connectivity index (χ4n) is 1.39.